The molecule has 2 aromatic heterocycles. The van der Waals surface area contributed by atoms with Crippen LogP contribution in [0.25, 0.3) is 16.7 Å². The molecule has 5 heteroatoms. The molecule has 0 atom stereocenters. The Bertz CT molecular complexity index is 897. The van der Waals surface area contributed by atoms with Crippen LogP contribution < -0.4 is 0 Å². The third-order valence-electron chi connectivity index (χ3n) is 3.68. The van der Waals surface area contributed by atoms with Gasteiger partial charge in [0, 0.05) is 30.4 Å². The molecular weight excluding hydrogens is 304 g/mol. The van der Waals surface area contributed by atoms with Gasteiger partial charge in [0.1, 0.15) is 0 Å². The molecule has 114 valence electrons. The van der Waals surface area contributed by atoms with Crippen molar-refractivity contribution >= 4 is 22.8 Å². The minimum Gasteiger partial charge on any atom is -0.337 e. The van der Waals surface area contributed by atoms with E-state index < -0.39 is 0 Å². The molecule has 0 radical (unpaired) electrons. The molecule has 0 bridgehead atoms. The van der Waals surface area contributed by atoms with Crippen molar-refractivity contribution in [3.05, 3.63) is 73.3 Å². The topological polar surface area (TPSA) is 35.6 Å². The van der Waals surface area contributed by atoms with Crippen LogP contribution in [0.1, 0.15) is 0 Å². The molecule has 4 aromatic rings. The zero-order valence-electron chi connectivity index (χ0n) is 12.5. The summed E-state index contributed by atoms with van der Waals surface area (Å²) in [5, 5.41) is 1.03. The Morgan fingerprint density at radius 3 is 2.61 bits per heavy atom. The quantitative estimate of drug-likeness (QED) is 0.521. The molecule has 0 spiro atoms. The van der Waals surface area contributed by atoms with Gasteiger partial charge in [0.25, 0.3) is 0 Å². The summed E-state index contributed by atoms with van der Waals surface area (Å²) in [6.07, 6.45) is 5.64. The highest BCUT2D eigenvalue weighted by atomic mass is 32.2. The van der Waals surface area contributed by atoms with E-state index in [1.165, 1.54) is 0 Å². The van der Waals surface area contributed by atoms with E-state index in [9.17, 15) is 0 Å². The first kappa shape index (κ1) is 14.1. The molecule has 4 nitrogen and oxygen atoms in total. The summed E-state index contributed by atoms with van der Waals surface area (Å²) in [7, 11) is 0. The Kier molecular flexibility index (Phi) is 3.86. The molecule has 0 aliphatic heterocycles. The van der Waals surface area contributed by atoms with Crippen molar-refractivity contribution < 1.29 is 0 Å². The van der Waals surface area contributed by atoms with Crippen molar-refractivity contribution in [2.45, 2.75) is 11.7 Å². The van der Waals surface area contributed by atoms with Crippen LogP contribution in [0.2, 0.25) is 0 Å². The maximum Gasteiger partial charge on any atom is 0.173 e. The fourth-order valence-corrected chi connectivity index (χ4v) is 3.57. The van der Waals surface area contributed by atoms with Gasteiger partial charge in [0.05, 0.1) is 17.4 Å². The van der Waals surface area contributed by atoms with Crippen LogP contribution in [-0.4, -0.2) is 24.9 Å². The van der Waals surface area contributed by atoms with Gasteiger partial charge in [-0.3, -0.25) is 4.57 Å². The van der Waals surface area contributed by atoms with Crippen molar-refractivity contribution in [2.75, 3.05) is 5.75 Å². The average Bonchev–Trinajstić information content (AvgIpc) is 3.23. The lowest BCUT2D eigenvalue weighted by Crippen LogP contribution is -2.00. The second kappa shape index (κ2) is 6.30. The predicted molar refractivity (Wildman–Crippen MR) is 94.0 cm³/mol. The standard InChI is InChI=1S/C18H16N4S/c1-2-6-15(7-3-1)22-17-9-5-4-8-16(17)20-18(22)23-13-12-21-11-10-19-14-21/h1-11,14H,12-13H2. The molecule has 23 heavy (non-hydrogen) atoms. The lowest BCUT2D eigenvalue weighted by molar-refractivity contribution is 0.768. The van der Waals surface area contributed by atoms with Gasteiger partial charge in [-0.1, -0.05) is 42.1 Å². The maximum absolute atomic E-state index is 4.81. The van der Waals surface area contributed by atoms with Gasteiger partial charge in [-0.05, 0) is 24.3 Å². The Labute approximate surface area is 138 Å². The van der Waals surface area contributed by atoms with Crippen LogP contribution in [0, 0.1) is 0 Å². The third kappa shape index (κ3) is 2.87. The number of fused-ring (bicyclic) bond motifs is 1. The van der Waals surface area contributed by atoms with Crippen molar-refractivity contribution in [3.8, 4) is 5.69 Å². The highest BCUT2D eigenvalue weighted by Gasteiger charge is 2.12. The predicted octanol–water partition coefficient (Wildman–Crippen LogP) is 4.01. The molecule has 0 saturated heterocycles. The van der Waals surface area contributed by atoms with Gasteiger partial charge < -0.3 is 4.57 Å². The summed E-state index contributed by atoms with van der Waals surface area (Å²) >= 11 is 1.77. The number of rotatable bonds is 5. The van der Waals surface area contributed by atoms with E-state index in [0.717, 1.165) is 34.2 Å². The van der Waals surface area contributed by atoms with Crippen molar-refractivity contribution in [2.24, 2.45) is 0 Å². The number of aromatic nitrogens is 4. The number of aryl methyl sites for hydroxylation is 1. The van der Waals surface area contributed by atoms with Crippen LogP contribution >= 0.6 is 11.8 Å². The van der Waals surface area contributed by atoms with E-state index in [1.54, 1.807) is 11.8 Å². The molecule has 0 aliphatic rings. The molecule has 2 heterocycles. The van der Waals surface area contributed by atoms with Gasteiger partial charge in [-0.2, -0.15) is 0 Å². The van der Waals surface area contributed by atoms with Crippen LogP contribution in [0.5, 0.6) is 0 Å². The largest absolute Gasteiger partial charge is 0.337 e. The summed E-state index contributed by atoms with van der Waals surface area (Å²) in [4.78, 5) is 8.89. The summed E-state index contributed by atoms with van der Waals surface area (Å²) in [6.45, 7) is 0.919. The number of nitrogens with zero attached hydrogens (tertiary/aromatic N) is 4. The van der Waals surface area contributed by atoms with E-state index in [1.807, 2.05) is 30.9 Å². The van der Waals surface area contributed by atoms with Gasteiger partial charge in [0.2, 0.25) is 0 Å². The Balaban J connectivity index is 1.68. The Morgan fingerprint density at radius 1 is 0.957 bits per heavy atom. The normalized spacial score (nSPS) is 11.1. The maximum atomic E-state index is 4.81. The molecule has 0 fully saturated rings. The van der Waals surface area contributed by atoms with E-state index in [2.05, 4.69) is 56.6 Å². The summed E-state index contributed by atoms with van der Waals surface area (Å²) in [6, 6.07) is 18.7. The number of thioether (sulfide) groups is 1. The highest BCUT2D eigenvalue weighted by molar-refractivity contribution is 7.99. The van der Waals surface area contributed by atoms with Crippen molar-refractivity contribution in [1.82, 2.24) is 19.1 Å². The number of hydrogen-bond acceptors (Lipinski definition) is 3. The van der Waals surface area contributed by atoms with Gasteiger partial charge >= 0.3 is 0 Å². The Morgan fingerprint density at radius 2 is 1.78 bits per heavy atom. The molecule has 0 unspecified atom stereocenters. The van der Waals surface area contributed by atoms with Crippen LogP contribution in [0.4, 0.5) is 0 Å². The third-order valence-corrected chi connectivity index (χ3v) is 4.60. The summed E-state index contributed by atoms with van der Waals surface area (Å²) < 4.78 is 4.32. The van der Waals surface area contributed by atoms with Crippen molar-refractivity contribution in [1.29, 1.82) is 0 Å². The zero-order chi connectivity index (χ0) is 15.5. The molecule has 4 rings (SSSR count). The van der Waals surface area contributed by atoms with E-state index in [4.69, 9.17) is 4.98 Å². The molecule has 2 aromatic carbocycles. The van der Waals surface area contributed by atoms with Gasteiger partial charge in [-0.15, -0.1) is 0 Å². The lowest BCUT2D eigenvalue weighted by atomic mass is 10.3. The Hall–Kier alpha value is -2.53. The summed E-state index contributed by atoms with van der Waals surface area (Å²) in [5.41, 5.74) is 3.32. The first-order valence-electron chi connectivity index (χ1n) is 7.53. The van der Waals surface area contributed by atoms with E-state index in [-0.39, 0.29) is 0 Å². The number of benzene rings is 2. The minimum atomic E-state index is 0.919. The van der Waals surface area contributed by atoms with Crippen LogP contribution in [0.15, 0.2) is 78.5 Å². The fraction of sp³-hybridized carbons (Fsp3) is 0.111. The average molecular weight is 320 g/mol. The molecular formula is C18H16N4S. The molecule has 0 amide bonds. The first-order valence-corrected chi connectivity index (χ1v) is 8.52. The minimum absolute atomic E-state index is 0.919. The van der Waals surface area contributed by atoms with Crippen LogP contribution in [0.3, 0.4) is 0 Å². The molecule has 0 aliphatic carbocycles. The number of hydrogen-bond donors (Lipinski definition) is 0. The molecule has 0 saturated carbocycles. The van der Waals surface area contributed by atoms with Crippen LogP contribution in [-0.2, 0) is 6.54 Å². The SMILES string of the molecule is c1ccc(-n2c(SCCn3ccnc3)nc3ccccc32)cc1. The first-order chi connectivity index (χ1) is 11.4. The molecule has 0 N–H and O–H groups in total. The highest BCUT2D eigenvalue weighted by Crippen LogP contribution is 2.27. The smallest absolute Gasteiger partial charge is 0.173 e. The summed E-state index contributed by atoms with van der Waals surface area (Å²) in [5.74, 6) is 0.951. The zero-order valence-corrected chi connectivity index (χ0v) is 13.4. The van der Waals surface area contributed by atoms with Gasteiger partial charge in [-0.25, -0.2) is 9.97 Å². The number of para-hydroxylation sites is 3. The number of imidazole rings is 2. The fourth-order valence-electron chi connectivity index (χ4n) is 2.59. The van der Waals surface area contributed by atoms with Crippen molar-refractivity contribution in [3.63, 3.8) is 0 Å². The van der Waals surface area contributed by atoms with E-state index in [0.29, 0.717) is 0 Å². The van der Waals surface area contributed by atoms with Gasteiger partial charge in [0.15, 0.2) is 5.16 Å². The second-order valence-electron chi connectivity index (χ2n) is 5.20. The lowest BCUT2D eigenvalue weighted by Gasteiger charge is -2.09. The second-order valence-corrected chi connectivity index (χ2v) is 6.27. The monoisotopic (exact) mass is 320 g/mol. The van der Waals surface area contributed by atoms with E-state index >= 15 is 0 Å².